The van der Waals surface area contributed by atoms with Gasteiger partial charge in [-0.2, -0.15) is 8.78 Å². The molecule has 12 heteroatoms. The quantitative estimate of drug-likeness (QED) is 0.168. The molecule has 0 N–H and O–H groups in total. The molecule has 2 aromatic carbocycles. The summed E-state index contributed by atoms with van der Waals surface area (Å²) in [5.74, 6) is -15.6. The number of carbonyl (C=O) groups is 2. The molecule has 0 aliphatic rings. The maximum atomic E-state index is 13.5. The summed E-state index contributed by atoms with van der Waals surface area (Å²) in [6.07, 6.45) is -1.19. The maximum Gasteiger partial charge on any atom is 0.311 e. The minimum atomic E-state index is -2.39. The van der Waals surface area contributed by atoms with E-state index in [1.54, 1.807) is 0 Å². The lowest BCUT2D eigenvalue weighted by molar-refractivity contribution is -0.136. The Balaban J connectivity index is 1.94. The zero-order valence-corrected chi connectivity index (χ0v) is 16.2. The van der Waals surface area contributed by atoms with Gasteiger partial charge in [0.25, 0.3) is 0 Å². The van der Waals surface area contributed by atoms with E-state index in [2.05, 4.69) is 4.74 Å². The first kappa shape index (κ1) is 23.2. The molecule has 156 valence electrons. The maximum absolute atomic E-state index is 13.5. The fourth-order valence-electron chi connectivity index (χ4n) is 2.01. The number of hydrogen-bond donors (Lipinski definition) is 0. The molecule has 0 saturated heterocycles. The summed E-state index contributed by atoms with van der Waals surface area (Å²) in [5, 5.41) is 0.124. The highest BCUT2D eigenvalue weighted by molar-refractivity contribution is 6.40. The van der Waals surface area contributed by atoms with Crippen molar-refractivity contribution in [1.29, 1.82) is 0 Å². The van der Waals surface area contributed by atoms with Gasteiger partial charge in [-0.25, -0.2) is 13.2 Å². The van der Waals surface area contributed by atoms with Crippen molar-refractivity contribution >= 4 is 46.7 Å². The van der Waals surface area contributed by atoms with Gasteiger partial charge in [0.05, 0.1) is 10.0 Å². The van der Waals surface area contributed by atoms with Gasteiger partial charge in [0.15, 0.2) is 5.75 Å². The van der Waals surface area contributed by atoms with E-state index in [4.69, 9.17) is 39.5 Å². The first-order valence-corrected chi connectivity index (χ1v) is 8.73. The van der Waals surface area contributed by atoms with Crippen molar-refractivity contribution < 1.29 is 41.0 Å². The average Bonchev–Trinajstić information content (AvgIpc) is 2.65. The topological polar surface area (TPSA) is 52.6 Å². The first-order chi connectivity index (χ1) is 13.5. The molecule has 0 aliphatic carbocycles. The molecule has 0 radical (unpaired) electrons. The van der Waals surface area contributed by atoms with E-state index in [0.717, 1.165) is 0 Å². The van der Waals surface area contributed by atoms with Gasteiger partial charge in [0, 0.05) is 17.9 Å². The van der Waals surface area contributed by atoms with Crippen molar-refractivity contribution in [3.63, 3.8) is 0 Å². The third-order valence-electron chi connectivity index (χ3n) is 3.33. The molecule has 0 bridgehead atoms. The molecule has 0 heterocycles. The molecule has 0 spiro atoms. The highest BCUT2D eigenvalue weighted by Gasteiger charge is 2.28. The van der Waals surface area contributed by atoms with E-state index in [0.29, 0.717) is 0 Å². The highest BCUT2D eigenvalue weighted by Crippen LogP contribution is 2.36. The zero-order valence-electron chi connectivity index (χ0n) is 13.9. The van der Waals surface area contributed by atoms with Crippen molar-refractivity contribution in [2.75, 3.05) is 0 Å². The summed E-state index contributed by atoms with van der Waals surface area (Å²) in [5.41, 5.74) is 0. The number of ether oxygens (including phenoxy) is 2. The van der Waals surface area contributed by atoms with Crippen LogP contribution in [0.4, 0.5) is 22.0 Å². The van der Waals surface area contributed by atoms with E-state index in [1.165, 1.54) is 12.1 Å². The monoisotopic (exact) mass is 476 g/mol. The molecule has 0 atom stereocenters. The number of halogens is 8. The lowest BCUT2D eigenvalue weighted by atomic mass is 10.2. The smallest absolute Gasteiger partial charge is 0.311 e. The molecule has 0 unspecified atom stereocenters. The largest absolute Gasteiger partial charge is 0.423 e. The Labute approximate surface area is 175 Å². The lowest BCUT2D eigenvalue weighted by Gasteiger charge is -2.10. The van der Waals surface area contributed by atoms with Gasteiger partial charge in [-0.1, -0.05) is 34.8 Å². The highest BCUT2D eigenvalue weighted by atomic mass is 35.5. The second-order valence-electron chi connectivity index (χ2n) is 5.40. The Morgan fingerprint density at radius 2 is 1.07 bits per heavy atom. The van der Waals surface area contributed by atoms with Crippen LogP contribution in [-0.2, 0) is 9.59 Å². The predicted octanol–water partition coefficient (Wildman–Crippen LogP) is 6.02. The number of benzene rings is 2. The summed E-state index contributed by atoms with van der Waals surface area (Å²) in [6.45, 7) is 0. The molecule has 29 heavy (non-hydrogen) atoms. The SMILES string of the molecule is O=C(CCCC(=O)Oc1c(F)c(F)c(F)c(F)c1F)Oc1c(Cl)cc(Cl)cc1Cl. The van der Waals surface area contributed by atoms with Gasteiger partial charge < -0.3 is 9.47 Å². The zero-order chi connectivity index (χ0) is 21.9. The third-order valence-corrected chi connectivity index (χ3v) is 4.11. The van der Waals surface area contributed by atoms with Gasteiger partial charge in [-0.05, 0) is 18.6 Å². The molecule has 4 nitrogen and oxygen atoms in total. The molecular formula is C17H8Cl3F5O4. The van der Waals surface area contributed by atoms with Crippen molar-refractivity contribution in [2.24, 2.45) is 0 Å². The first-order valence-electron chi connectivity index (χ1n) is 7.60. The van der Waals surface area contributed by atoms with Gasteiger partial charge >= 0.3 is 11.9 Å². The standard InChI is InChI=1S/C17H8Cl3F5O4/c18-6-4-7(19)16(8(20)5-6)28-9(26)2-1-3-10(27)29-17-14(24)12(22)11(21)13(23)15(17)25/h4-5H,1-3H2. The van der Waals surface area contributed by atoms with Crippen molar-refractivity contribution in [3.8, 4) is 11.5 Å². The minimum Gasteiger partial charge on any atom is -0.423 e. The van der Waals surface area contributed by atoms with E-state index < -0.39 is 53.2 Å². The van der Waals surface area contributed by atoms with Crippen LogP contribution < -0.4 is 9.47 Å². The van der Waals surface area contributed by atoms with Crippen LogP contribution in [0.15, 0.2) is 12.1 Å². The third kappa shape index (κ3) is 5.49. The van der Waals surface area contributed by atoms with E-state index in [-0.39, 0.29) is 33.7 Å². The Morgan fingerprint density at radius 3 is 1.52 bits per heavy atom. The Bertz CT molecular complexity index is 932. The number of esters is 2. The van der Waals surface area contributed by atoms with Crippen LogP contribution in [0.1, 0.15) is 19.3 Å². The molecule has 0 aliphatic heterocycles. The number of carbonyl (C=O) groups excluding carboxylic acids is 2. The second-order valence-corrected chi connectivity index (χ2v) is 6.65. The molecular weight excluding hydrogens is 470 g/mol. The fourth-order valence-corrected chi connectivity index (χ4v) is 2.90. The number of rotatable bonds is 6. The average molecular weight is 478 g/mol. The summed E-state index contributed by atoms with van der Waals surface area (Å²) < 4.78 is 75.1. The molecule has 0 amide bonds. The van der Waals surface area contributed by atoms with Crippen molar-refractivity contribution in [3.05, 3.63) is 56.3 Å². The fraction of sp³-hybridized carbons (Fsp3) is 0.176. The Kier molecular flexibility index (Phi) is 7.67. The number of hydrogen-bond acceptors (Lipinski definition) is 4. The molecule has 0 fully saturated rings. The second kappa shape index (κ2) is 9.60. The molecule has 0 saturated carbocycles. The lowest BCUT2D eigenvalue weighted by Crippen LogP contribution is -2.14. The van der Waals surface area contributed by atoms with Crippen molar-refractivity contribution in [2.45, 2.75) is 19.3 Å². The molecule has 2 rings (SSSR count). The van der Waals surface area contributed by atoms with Gasteiger partial charge in [0.2, 0.25) is 34.8 Å². The molecule has 2 aromatic rings. The minimum absolute atomic E-state index is 0.0402. The van der Waals surface area contributed by atoms with E-state index in [9.17, 15) is 31.5 Å². The van der Waals surface area contributed by atoms with Crippen LogP contribution in [0, 0.1) is 29.1 Å². The predicted molar refractivity (Wildman–Crippen MR) is 92.8 cm³/mol. The van der Waals surface area contributed by atoms with Crippen LogP contribution in [0.2, 0.25) is 15.1 Å². The van der Waals surface area contributed by atoms with Crippen LogP contribution in [0.5, 0.6) is 11.5 Å². The van der Waals surface area contributed by atoms with Gasteiger partial charge in [-0.15, -0.1) is 0 Å². The normalized spacial score (nSPS) is 10.8. The van der Waals surface area contributed by atoms with Crippen LogP contribution in [0.3, 0.4) is 0 Å². The summed E-state index contributed by atoms with van der Waals surface area (Å²) in [6, 6.07) is 2.55. The summed E-state index contributed by atoms with van der Waals surface area (Å²) in [7, 11) is 0. The van der Waals surface area contributed by atoms with Gasteiger partial charge in [-0.3, -0.25) is 9.59 Å². The van der Waals surface area contributed by atoms with Gasteiger partial charge in [0.1, 0.15) is 0 Å². The summed E-state index contributed by atoms with van der Waals surface area (Å²) in [4.78, 5) is 23.4. The van der Waals surface area contributed by atoms with Crippen LogP contribution >= 0.6 is 34.8 Å². The van der Waals surface area contributed by atoms with E-state index in [1.807, 2.05) is 0 Å². The van der Waals surface area contributed by atoms with Crippen molar-refractivity contribution in [1.82, 2.24) is 0 Å². The summed E-state index contributed by atoms with van der Waals surface area (Å²) >= 11 is 17.4. The molecule has 0 aromatic heterocycles. The van der Waals surface area contributed by atoms with Crippen LogP contribution in [0.25, 0.3) is 0 Å². The van der Waals surface area contributed by atoms with E-state index >= 15 is 0 Å². The Morgan fingerprint density at radius 1 is 0.690 bits per heavy atom. The van der Waals surface area contributed by atoms with Crippen LogP contribution in [-0.4, -0.2) is 11.9 Å². The Hall–Kier alpha value is -2.10.